The van der Waals surface area contributed by atoms with Gasteiger partial charge in [-0.1, -0.05) is 30.3 Å². The van der Waals surface area contributed by atoms with Crippen LogP contribution < -0.4 is 0 Å². The summed E-state index contributed by atoms with van der Waals surface area (Å²) in [4.78, 5) is 0. The molecule has 2 aliphatic heterocycles. The highest BCUT2D eigenvalue weighted by atomic mass is 32.3. The van der Waals surface area contributed by atoms with E-state index in [1.54, 1.807) is 0 Å². The second-order valence-corrected chi connectivity index (χ2v) is 6.04. The maximum absolute atomic E-state index is 11.4. The van der Waals surface area contributed by atoms with Crippen LogP contribution in [0.3, 0.4) is 0 Å². The number of hydrogen-bond acceptors (Lipinski definition) is 7. The quantitative estimate of drug-likeness (QED) is 0.805. The molecule has 7 nitrogen and oxygen atoms in total. The summed E-state index contributed by atoms with van der Waals surface area (Å²) in [7, 11) is -2.53. The average molecular weight is 316 g/mol. The lowest BCUT2D eigenvalue weighted by atomic mass is 10.1. The molecule has 2 heterocycles. The second kappa shape index (κ2) is 5.99. The molecule has 0 amide bonds. The van der Waals surface area contributed by atoms with E-state index in [0.29, 0.717) is 6.61 Å². The monoisotopic (exact) mass is 316 g/mol. The molecule has 2 saturated heterocycles. The number of benzene rings is 1. The van der Waals surface area contributed by atoms with Gasteiger partial charge in [-0.25, -0.2) is 8.37 Å². The van der Waals surface area contributed by atoms with Gasteiger partial charge in [-0.2, -0.15) is 8.42 Å². The molecule has 2 fully saturated rings. The van der Waals surface area contributed by atoms with Crippen molar-refractivity contribution in [2.45, 2.75) is 31.2 Å². The SMILES string of the molecule is CO[C@H]1O[C@@H]2COS(=O)(=O)O[C@H]2[C@@H]1OCc1ccccc1. The first-order valence-corrected chi connectivity index (χ1v) is 7.84. The molecule has 0 saturated carbocycles. The topological polar surface area (TPSA) is 80.3 Å². The first kappa shape index (κ1) is 14.9. The fourth-order valence-electron chi connectivity index (χ4n) is 2.39. The summed E-state index contributed by atoms with van der Waals surface area (Å²) in [6, 6.07) is 9.53. The largest absolute Gasteiger partial charge is 0.400 e. The van der Waals surface area contributed by atoms with Crippen molar-refractivity contribution in [2.75, 3.05) is 13.7 Å². The molecule has 3 rings (SSSR count). The molecule has 1 aromatic rings. The minimum Gasteiger partial charge on any atom is -0.365 e. The third kappa shape index (κ3) is 3.25. The zero-order valence-electron chi connectivity index (χ0n) is 11.4. The van der Waals surface area contributed by atoms with Crippen LogP contribution >= 0.6 is 0 Å². The second-order valence-electron chi connectivity index (χ2n) is 4.79. The fourth-order valence-corrected chi connectivity index (χ4v) is 3.25. The molecule has 0 radical (unpaired) electrons. The van der Waals surface area contributed by atoms with Gasteiger partial charge in [0.05, 0.1) is 13.2 Å². The predicted octanol–water partition coefficient (Wildman–Crippen LogP) is 0.603. The van der Waals surface area contributed by atoms with E-state index in [2.05, 4.69) is 4.18 Å². The molecule has 21 heavy (non-hydrogen) atoms. The van der Waals surface area contributed by atoms with Crippen LogP contribution in [0.4, 0.5) is 0 Å². The van der Waals surface area contributed by atoms with Gasteiger partial charge in [-0.15, -0.1) is 0 Å². The molecule has 0 aliphatic carbocycles. The minimum absolute atomic E-state index is 0.0991. The van der Waals surface area contributed by atoms with Crippen molar-refractivity contribution in [1.29, 1.82) is 0 Å². The van der Waals surface area contributed by atoms with Crippen LogP contribution in [0, 0.1) is 0 Å². The lowest BCUT2D eigenvalue weighted by Gasteiger charge is -2.26. The van der Waals surface area contributed by atoms with Crippen molar-refractivity contribution < 1.29 is 31.0 Å². The molecule has 0 bridgehead atoms. The number of rotatable bonds is 4. The first-order chi connectivity index (χ1) is 10.1. The maximum Gasteiger partial charge on any atom is 0.400 e. The Bertz CT molecular complexity index is 573. The lowest BCUT2D eigenvalue weighted by Crippen LogP contribution is -2.44. The summed E-state index contributed by atoms with van der Waals surface area (Å²) >= 11 is 0. The van der Waals surface area contributed by atoms with Gasteiger partial charge in [0, 0.05) is 7.11 Å². The number of fused-ring (bicyclic) bond motifs is 1. The Morgan fingerprint density at radius 1 is 1.29 bits per heavy atom. The molecule has 116 valence electrons. The Hall–Kier alpha value is -1.03. The van der Waals surface area contributed by atoms with E-state index in [9.17, 15) is 8.42 Å². The molecule has 0 N–H and O–H groups in total. The molecule has 4 atom stereocenters. The molecular weight excluding hydrogens is 300 g/mol. The lowest BCUT2D eigenvalue weighted by molar-refractivity contribution is -0.166. The zero-order valence-corrected chi connectivity index (χ0v) is 12.2. The molecule has 0 unspecified atom stereocenters. The van der Waals surface area contributed by atoms with E-state index in [1.807, 2.05) is 30.3 Å². The highest BCUT2D eigenvalue weighted by Crippen LogP contribution is 2.32. The average Bonchev–Trinajstić information content (AvgIpc) is 2.82. The number of ether oxygens (including phenoxy) is 3. The van der Waals surface area contributed by atoms with Crippen molar-refractivity contribution in [3.05, 3.63) is 35.9 Å². The van der Waals surface area contributed by atoms with Crippen molar-refractivity contribution in [2.24, 2.45) is 0 Å². The number of methoxy groups -OCH3 is 1. The third-order valence-electron chi connectivity index (χ3n) is 3.39. The van der Waals surface area contributed by atoms with Gasteiger partial charge in [0.2, 0.25) is 0 Å². The standard InChI is InChI=1S/C13H16O7S/c1-16-13-12(17-7-9-5-3-2-4-6-9)11-10(19-13)8-18-21(14,15)20-11/h2-6,10-13H,7-8H2,1H3/t10-,11-,12+,13+/m1/s1. The van der Waals surface area contributed by atoms with Gasteiger partial charge in [-0.05, 0) is 5.56 Å². The normalized spacial score (nSPS) is 34.5. The Labute approximate surface area is 123 Å². The fraction of sp³-hybridized carbons (Fsp3) is 0.538. The zero-order chi connectivity index (χ0) is 14.9. The van der Waals surface area contributed by atoms with Crippen LogP contribution in [0.15, 0.2) is 30.3 Å². The van der Waals surface area contributed by atoms with E-state index in [1.165, 1.54) is 7.11 Å². The smallest absolute Gasteiger partial charge is 0.365 e. The molecule has 2 aliphatic rings. The summed E-state index contributed by atoms with van der Waals surface area (Å²) < 4.78 is 48.9. The Morgan fingerprint density at radius 2 is 2.05 bits per heavy atom. The van der Waals surface area contributed by atoms with Crippen LogP contribution in [0.25, 0.3) is 0 Å². The van der Waals surface area contributed by atoms with Crippen LogP contribution in [-0.4, -0.2) is 46.7 Å². The van der Waals surface area contributed by atoms with Crippen molar-refractivity contribution in [3.8, 4) is 0 Å². The minimum atomic E-state index is -4.00. The highest BCUT2D eigenvalue weighted by molar-refractivity contribution is 7.81. The van der Waals surface area contributed by atoms with Crippen molar-refractivity contribution in [3.63, 3.8) is 0 Å². The Kier molecular flexibility index (Phi) is 4.25. The number of hydrogen-bond donors (Lipinski definition) is 0. The maximum atomic E-state index is 11.4. The van der Waals surface area contributed by atoms with Gasteiger partial charge < -0.3 is 14.2 Å². The van der Waals surface area contributed by atoms with Crippen LogP contribution in [0.5, 0.6) is 0 Å². The van der Waals surface area contributed by atoms with E-state index in [4.69, 9.17) is 18.4 Å². The molecule has 8 heteroatoms. The third-order valence-corrected chi connectivity index (χ3v) is 4.27. The summed E-state index contributed by atoms with van der Waals surface area (Å²) in [5, 5.41) is 0. The van der Waals surface area contributed by atoms with Gasteiger partial charge >= 0.3 is 10.4 Å². The molecular formula is C13H16O7S. The predicted molar refractivity (Wildman–Crippen MR) is 70.4 cm³/mol. The van der Waals surface area contributed by atoms with E-state index < -0.39 is 35.0 Å². The van der Waals surface area contributed by atoms with Crippen LogP contribution in [-0.2, 0) is 39.6 Å². The van der Waals surface area contributed by atoms with E-state index >= 15 is 0 Å². The van der Waals surface area contributed by atoms with Crippen LogP contribution in [0.1, 0.15) is 5.56 Å². The summed E-state index contributed by atoms with van der Waals surface area (Å²) in [5.74, 6) is 0. The highest BCUT2D eigenvalue weighted by Gasteiger charge is 2.52. The van der Waals surface area contributed by atoms with Crippen molar-refractivity contribution in [1.82, 2.24) is 0 Å². The Balaban J connectivity index is 1.71. The summed E-state index contributed by atoms with van der Waals surface area (Å²) in [6.45, 7) is 0.209. The Morgan fingerprint density at radius 3 is 2.76 bits per heavy atom. The van der Waals surface area contributed by atoms with Crippen LogP contribution in [0.2, 0.25) is 0 Å². The van der Waals surface area contributed by atoms with Gasteiger partial charge in [0.25, 0.3) is 0 Å². The molecule has 1 aromatic carbocycles. The summed E-state index contributed by atoms with van der Waals surface area (Å²) in [5.41, 5.74) is 0.964. The summed E-state index contributed by atoms with van der Waals surface area (Å²) in [6.07, 6.45) is -2.63. The van der Waals surface area contributed by atoms with Gasteiger partial charge in [0.1, 0.15) is 18.3 Å². The van der Waals surface area contributed by atoms with E-state index in [-0.39, 0.29) is 6.61 Å². The first-order valence-electron chi connectivity index (χ1n) is 6.50. The molecule has 0 aromatic heterocycles. The van der Waals surface area contributed by atoms with Gasteiger partial charge in [0.15, 0.2) is 6.29 Å². The van der Waals surface area contributed by atoms with Gasteiger partial charge in [-0.3, -0.25) is 0 Å². The van der Waals surface area contributed by atoms with Crippen molar-refractivity contribution >= 4 is 10.4 Å². The van der Waals surface area contributed by atoms with E-state index in [0.717, 1.165) is 5.56 Å². The molecule has 0 spiro atoms.